The lowest BCUT2D eigenvalue weighted by molar-refractivity contribution is 0.701. The van der Waals surface area contributed by atoms with Gasteiger partial charge in [0.1, 0.15) is 4.86 Å². The maximum Gasteiger partial charge on any atom is 0.180 e. The molecule has 0 saturated carbocycles. The Bertz CT molecular complexity index is 556. The van der Waals surface area contributed by atoms with Crippen LogP contribution in [0, 0.1) is 0 Å². The van der Waals surface area contributed by atoms with Crippen LogP contribution >= 0.6 is 11.3 Å². The number of aromatic nitrogens is 1. The van der Waals surface area contributed by atoms with Gasteiger partial charge in [0.2, 0.25) is 0 Å². The molecule has 82 valence electrons. The molecule has 16 heavy (non-hydrogen) atoms. The van der Waals surface area contributed by atoms with Crippen LogP contribution in [0.5, 0.6) is 0 Å². The summed E-state index contributed by atoms with van der Waals surface area (Å²) in [6.45, 7) is 0. The molecule has 0 aliphatic rings. The fourth-order valence-corrected chi connectivity index (χ4v) is 2.32. The molecule has 0 aliphatic heterocycles. The van der Waals surface area contributed by atoms with Crippen molar-refractivity contribution in [3.8, 4) is 0 Å². The van der Waals surface area contributed by atoms with Gasteiger partial charge >= 0.3 is 0 Å². The molecule has 2 aromatic rings. The second-order valence-corrected chi connectivity index (χ2v) is 4.57. The molecule has 0 saturated heterocycles. The summed E-state index contributed by atoms with van der Waals surface area (Å²) in [7, 11) is 0. The molecule has 4 N–H and O–H groups in total. The minimum atomic E-state index is 0.410. The topological polar surface area (TPSA) is 82.0 Å². The van der Waals surface area contributed by atoms with Gasteiger partial charge in [-0.2, -0.15) is 0 Å². The Morgan fingerprint density at radius 1 is 1.25 bits per heavy atom. The summed E-state index contributed by atoms with van der Waals surface area (Å²) in [4.78, 5) is 4.65. The standard InChI is InChI=1S/C10H9N3OS2/c11-7-3-1-6(2-4-7)9(16-14)8-5-15-10(12)13-8/h1-5H,11H2,(H2,12,13). The summed E-state index contributed by atoms with van der Waals surface area (Å²) >= 11 is 1.72. The van der Waals surface area contributed by atoms with Gasteiger partial charge in [0, 0.05) is 11.1 Å². The van der Waals surface area contributed by atoms with E-state index in [0.717, 1.165) is 5.56 Å². The van der Waals surface area contributed by atoms with Crippen molar-refractivity contribution in [2.24, 2.45) is 0 Å². The normalized spacial score (nSPS) is 10.0. The van der Waals surface area contributed by atoms with Crippen LogP contribution in [0.15, 0.2) is 29.6 Å². The summed E-state index contributed by atoms with van der Waals surface area (Å²) < 4.78 is 11.1. The molecule has 0 amide bonds. The van der Waals surface area contributed by atoms with Crippen molar-refractivity contribution in [1.29, 1.82) is 0 Å². The van der Waals surface area contributed by atoms with E-state index in [9.17, 15) is 4.21 Å². The molecule has 6 heteroatoms. The zero-order chi connectivity index (χ0) is 11.5. The highest BCUT2D eigenvalue weighted by atomic mass is 32.1. The molecule has 1 heterocycles. The van der Waals surface area contributed by atoms with Crippen LogP contribution in [0.2, 0.25) is 0 Å². The molecular weight excluding hydrogens is 242 g/mol. The van der Waals surface area contributed by atoms with Gasteiger partial charge in [0.15, 0.2) is 5.13 Å². The lowest BCUT2D eigenvalue weighted by Gasteiger charge is -2.00. The number of nitrogen functional groups attached to an aromatic ring is 2. The summed E-state index contributed by atoms with van der Waals surface area (Å²) in [5, 5.41) is 2.23. The lowest BCUT2D eigenvalue weighted by atomic mass is 10.1. The molecule has 0 aliphatic carbocycles. The van der Waals surface area contributed by atoms with Gasteiger partial charge in [-0.15, -0.1) is 11.3 Å². The van der Waals surface area contributed by atoms with Crippen LogP contribution in [-0.4, -0.2) is 14.1 Å². The summed E-state index contributed by atoms with van der Waals surface area (Å²) in [6.07, 6.45) is 0. The third kappa shape index (κ3) is 2.12. The smallest absolute Gasteiger partial charge is 0.180 e. The number of benzene rings is 1. The Labute approximate surface area is 100 Å². The predicted octanol–water partition coefficient (Wildman–Crippen LogP) is 1.09. The van der Waals surface area contributed by atoms with E-state index in [1.807, 2.05) is 0 Å². The van der Waals surface area contributed by atoms with Gasteiger partial charge in [-0.25, -0.2) is 9.19 Å². The number of nitrogens with zero attached hydrogens (tertiary/aromatic N) is 1. The number of nitrogens with two attached hydrogens (primary N) is 2. The zero-order valence-corrected chi connectivity index (χ0v) is 9.85. The first-order valence-electron chi connectivity index (χ1n) is 4.45. The highest BCUT2D eigenvalue weighted by molar-refractivity contribution is 7.67. The molecule has 0 atom stereocenters. The quantitative estimate of drug-likeness (QED) is 0.475. The van der Waals surface area contributed by atoms with E-state index >= 15 is 0 Å². The average Bonchev–Trinajstić information content (AvgIpc) is 2.69. The Morgan fingerprint density at radius 2 is 1.94 bits per heavy atom. The summed E-state index contributed by atoms with van der Waals surface area (Å²) in [5.74, 6) is 0. The first kappa shape index (κ1) is 10.8. The van der Waals surface area contributed by atoms with Crippen LogP contribution in [0.1, 0.15) is 11.3 Å². The average molecular weight is 251 g/mol. The Hall–Kier alpha value is -1.66. The second-order valence-electron chi connectivity index (χ2n) is 3.11. The van der Waals surface area contributed by atoms with Gasteiger partial charge in [0.05, 0.1) is 16.9 Å². The van der Waals surface area contributed by atoms with Crippen LogP contribution < -0.4 is 11.5 Å². The fourth-order valence-electron chi connectivity index (χ4n) is 1.27. The molecular formula is C10H9N3OS2. The van der Waals surface area contributed by atoms with Gasteiger partial charge < -0.3 is 11.5 Å². The maximum atomic E-state index is 11.1. The van der Waals surface area contributed by atoms with Crippen LogP contribution in [0.25, 0.3) is 0 Å². The second kappa shape index (κ2) is 4.46. The zero-order valence-electron chi connectivity index (χ0n) is 8.21. The Kier molecular flexibility index (Phi) is 3.02. The van der Waals surface area contributed by atoms with Crippen molar-refractivity contribution < 1.29 is 4.21 Å². The minimum Gasteiger partial charge on any atom is -0.399 e. The van der Waals surface area contributed by atoms with Crippen molar-refractivity contribution in [2.75, 3.05) is 11.5 Å². The highest BCUT2D eigenvalue weighted by Crippen LogP contribution is 2.16. The first-order valence-corrected chi connectivity index (χ1v) is 6.07. The molecule has 0 fully saturated rings. The van der Waals surface area contributed by atoms with Crippen molar-refractivity contribution in [2.45, 2.75) is 0 Å². The van der Waals surface area contributed by atoms with E-state index < -0.39 is 0 Å². The van der Waals surface area contributed by atoms with Crippen LogP contribution in [0.4, 0.5) is 10.8 Å². The van der Waals surface area contributed by atoms with E-state index in [4.69, 9.17) is 11.5 Å². The molecule has 0 radical (unpaired) electrons. The number of rotatable bonds is 2. The first-order chi connectivity index (χ1) is 7.70. The monoisotopic (exact) mass is 251 g/mol. The number of anilines is 2. The largest absolute Gasteiger partial charge is 0.399 e. The van der Waals surface area contributed by atoms with Gasteiger partial charge in [-0.05, 0) is 17.7 Å². The molecule has 0 bridgehead atoms. The van der Waals surface area contributed by atoms with E-state index in [1.54, 1.807) is 29.6 Å². The third-order valence-electron chi connectivity index (χ3n) is 2.01. The number of hydrogen-bond donors (Lipinski definition) is 2. The van der Waals surface area contributed by atoms with Crippen molar-refractivity contribution in [3.05, 3.63) is 40.9 Å². The van der Waals surface area contributed by atoms with Gasteiger partial charge in [0.25, 0.3) is 0 Å². The summed E-state index contributed by atoms with van der Waals surface area (Å²) in [5.41, 5.74) is 13.2. The fraction of sp³-hybridized carbons (Fsp3) is 0. The summed E-state index contributed by atoms with van der Waals surface area (Å²) in [6, 6.07) is 7.10. The van der Waals surface area contributed by atoms with Gasteiger partial charge in [-0.1, -0.05) is 12.1 Å². The predicted molar refractivity (Wildman–Crippen MR) is 68.7 cm³/mol. The lowest BCUT2D eigenvalue weighted by Crippen LogP contribution is -2.03. The molecule has 1 aromatic heterocycles. The molecule has 2 rings (SSSR count). The molecule has 0 spiro atoms. The van der Waals surface area contributed by atoms with Crippen LogP contribution in [-0.2, 0) is 11.3 Å². The van der Waals surface area contributed by atoms with E-state index in [0.29, 0.717) is 32.6 Å². The van der Waals surface area contributed by atoms with Crippen molar-refractivity contribution in [3.63, 3.8) is 0 Å². The van der Waals surface area contributed by atoms with E-state index in [2.05, 4.69) is 4.98 Å². The van der Waals surface area contributed by atoms with Crippen LogP contribution in [0.3, 0.4) is 0 Å². The number of thiazole rings is 1. The number of hydrogen-bond acceptors (Lipinski definition) is 5. The Balaban J connectivity index is 2.45. The molecule has 0 unspecified atom stereocenters. The van der Waals surface area contributed by atoms with Crippen molar-refractivity contribution in [1.82, 2.24) is 4.98 Å². The molecule has 1 aromatic carbocycles. The van der Waals surface area contributed by atoms with E-state index in [1.165, 1.54) is 11.3 Å². The minimum absolute atomic E-state index is 0.410. The Morgan fingerprint density at radius 3 is 2.44 bits per heavy atom. The van der Waals surface area contributed by atoms with E-state index in [-0.39, 0.29) is 0 Å². The SMILES string of the molecule is Nc1ccc(C(=S=O)c2csc(N)n2)cc1. The maximum absolute atomic E-state index is 11.1. The highest BCUT2D eigenvalue weighted by Gasteiger charge is 2.09. The third-order valence-corrected chi connectivity index (χ3v) is 3.30. The molecule has 4 nitrogen and oxygen atoms in total. The van der Waals surface area contributed by atoms with Gasteiger partial charge in [-0.3, -0.25) is 0 Å². The van der Waals surface area contributed by atoms with Crippen molar-refractivity contribution >= 4 is 38.3 Å².